The van der Waals surface area contributed by atoms with E-state index in [2.05, 4.69) is 25.3 Å². The summed E-state index contributed by atoms with van der Waals surface area (Å²) in [7, 11) is 5.53. The maximum atomic E-state index is 5.42. The SMILES string of the molecule is CO[SiH](OC)OC.CO[Si](CCCOCC1CO1)(OC)OC.SC1CC1S. The highest BCUT2D eigenvalue weighted by Gasteiger charge is 2.36. The smallest absolute Gasteiger partial charge is 0.379 e. The monoisotopic (exact) mass is 464 g/mol. The van der Waals surface area contributed by atoms with E-state index in [0.717, 1.165) is 19.1 Å². The fraction of sp³-hybridized carbons (Fsp3) is 1.00. The number of ether oxygens (including phenoxy) is 2. The van der Waals surface area contributed by atoms with Crippen LogP contribution in [0, 0.1) is 0 Å². The molecule has 1 aliphatic heterocycles. The first-order valence-electron chi connectivity index (χ1n) is 8.71. The van der Waals surface area contributed by atoms with Crippen molar-refractivity contribution in [2.75, 3.05) is 62.5 Å². The first-order chi connectivity index (χ1) is 12.9. The van der Waals surface area contributed by atoms with Gasteiger partial charge in [-0.1, -0.05) is 0 Å². The van der Waals surface area contributed by atoms with Gasteiger partial charge in [0.05, 0.1) is 13.2 Å². The molecule has 2 rings (SSSR count). The second kappa shape index (κ2) is 16.6. The molecule has 1 saturated heterocycles. The quantitative estimate of drug-likeness (QED) is 0.194. The maximum absolute atomic E-state index is 5.42. The van der Waals surface area contributed by atoms with Crippen LogP contribution in [-0.4, -0.2) is 97.4 Å². The van der Waals surface area contributed by atoms with Crippen LogP contribution >= 0.6 is 25.3 Å². The molecule has 2 fully saturated rings. The third-order valence-electron chi connectivity index (χ3n) is 3.71. The summed E-state index contributed by atoms with van der Waals surface area (Å²) in [6.07, 6.45) is 2.42. The summed E-state index contributed by atoms with van der Waals surface area (Å²) in [5.41, 5.74) is 0. The molecule has 1 saturated carbocycles. The molecular formula is C15H36O8S2Si2. The van der Waals surface area contributed by atoms with Gasteiger partial charge in [0.25, 0.3) is 0 Å². The van der Waals surface area contributed by atoms with Crippen LogP contribution in [0.15, 0.2) is 0 Å². The fourth-order valence-corrected chi connectivity index (χ4v) is 4.67. The Hall–Kier alpha value is 0.814. The average Bonchev–Trinajstić information content (AvgIpc) is 3.62. The van der Waals surface area contributed by atoms with Gasteiger partial charge in [0.1, 0.15) is 6.10 Å². The molecular weight excluding hydrogens is 428 g/mol. The van der Waals surface area contributed by atoms with Crippen molar-refractivity contribution < 1.29 is 36.0 Å². The summed E-state index contributed by atoms with van der Waals surface area (Å²) in [6, 6.07) is 0.780. The Bertz CT molecular complexity index is 328. The van der Waals surface area contributed by atoms with Gasteiger partial charge in [0.15, 0.2) is 0 Å². The minimum Gasteiger partial charge on any atom is -0.379 e. The number of hydrogen-bond acceptors (Lipinski definition) is 10. The Kier molecular flexibility index (Phi) is 17.1. The lowest BCUT2D eigenvalue weighted by molar-refractivity contribution is 0.100. The van der Waals surface area contributed by atoms with Crippen molar-refractivity contribution in [2.45, 2.75) is 35.5 Å². The molecule has 0 aromatic rings. The highest BCUT2D eigenvalue weighted by Crippen LogP contribution is 2.32. The molecule has 2 aliphatic rings. The molecule has 1 aliphatic carbocycles. The van der Waals surface area contributed by atoms with Crippen molar-refractivity contribution in [3.05, 3.63) is 0 Å². The molecule has 0 aromatic heterocycles. The van der Waals surface area contributed by atoms with Crippen LogP contribution in [0.2, 0.25) is 6.04 Å². The van der Waals surface area contributed by atoms with Gasteiger partial charge in [-0.15, -0.1) is 0 Å². The van der Waals surface area contributed by atoms with Crippen LogP contribution in [0.25, 0.3) is 0 Å². The van der Waals surface area contributed by atoms with E-state index in [1.807, 2.05) is 0 Å². The van der Waals surface area contributed by atoms with Gasteiger partial charge in [0.2, 0.25) is 0 Å². The minimum absolute atomic E-state index is 0.333. The minimum atomic E-state index is -2.39. The Morgan fingerprint density at radius 3 is 1.63 bits per heavy atom. The van der Waals surface area contributed by atoms with E-state index < -0.39 is 18.3 Å². The van der Waals surface area contributed by atoms with Crippen LogP contribution in [-0.2, 0) is 36.0 Å². The molecule has 0 bridgehead atoms. The molecule has 3 atom stereocenters. The number of thiol groups is 2. The molecule has 12 heteroatoms. The molecule has 27 heavy (non-hydrogen) atoms. The molecule has 1 heterocycles. The topological polar surface area (TPSA) is 77.1 Å². The highest BCUT2D eigenvalue weighted by atomic mass is 32.1. The van der Waals surface area contributed by atoms with Gasteiger partial charge < -0.3 is 36.0 Å². The summed E-state index contributed by atoms with van der Waals surface area (Å²) in [4.78, 5) is 0. The van der Waals surface area contributed by atoms with Crippen LogP contribution in [0.1, 0.15) is 12.8 Å². The van der Waals surface area contributed by atoms with E-state index in [1.165, 1.54) is 6.42 Å². The lowest BCUT2D eigenvalue weighted by Gasteiger charge is -2.24. The van der Waals surface area contributed by atoms with Gasteiger partial charge in [-0.3, -0.25) is 0 Å². The van der Waals surface area contributed by atoms with Crippen molar-refractivity contribution in [3.63, 3.8) is 0 Å². The average molecular weight is 465 g/mol. The Morgan fingerprint density at radius 2 is 1.37 bits per heavy atom. The van der Waals surface area contributed by atoms with Crippen molar-refractivity contribution >= 4 is 43.6 Å². The Morgan fingerprint density at radius 1 is 0.926 bits per heavy atom. The number of epoxide rings is 1. The molecule has 3 unspecified atom stereocenters. The highest BCUT2D eigenvalue weighted by molar-refractivity contribution is 7.86. The van der Waals surface area contributed by atoms with E-state index in [-0.39, 0.29) is 0 Å². The van der Waals surface area contributed by atoms with Gasteiger partial charge in [0, 0.05) is 65.8 Å². The predicted octanol–water partition coefficient (Wildman–Crippen LogP) is 1.30. The molecule has 0 radical (unpaired) electrons. The zero-order valence-electron chi connectivity index (χ0n) is 17.2. The summed E-state index contributed by atoms with van der Waals surface area (Å²) >= 11 is 8.19. The molecule has 8 nitrogen and oxygen atoms in total. The zero-order valence-corrected chi connectivity index (χ0v) is 21.2. The van der Waals surface area contributed by atoms with E-state index in [9.17, 15) is 0 Å². The molecule has 0 N–H and O–H groups in total. The van der Waals surface area contributed by atoms with E-state index in [4.69, 9.17) is 36.0 Å². The second-order valence-corrected chi connectivity index (χ2v) is 12.2. The largest absolute Gasteiger partial charge is 0.500 e. The van der Waals surface area contributed by atoms with Crippen LogP contribution in [0.3, 0.4) is 0 Å². The fourth-order valence-electron chi connectivity index (χ4n) is 1.78. The van der Waals surface area contributed by atoms with Crippen LogP contribution < -0.4 is 0 Å². The number of rotatable bonds is 12. The van der Waals surface area contributed by atoms with Gasteiger partial charge >= 0.3 is 18.3 Å². The summed E-state index contributed by atoms with van der Waals surface area (Å²) in [5.74, 6) is 0. The number of hydrogen-bond donors (Lipinski definition) is 2. The molecule has 164 valence electrons. The lowest BCUT2D eigenvalue weighted by Crippen LogP contribution is -2.42. The summed E-state index contributed by atoms with van der Waals surface area (Å²) < 4.78 is 40.5. The second-order valence-electron chi connectivity index (χ2n) is 5.80. The van der Waals surface area contributed by atoms with Gasteiger partial charge in [-0.25, -0.2) is 0 Å². The Labute approximate surface area is 177 Å². The van der Waals surface area contributed by atoms with Crippen molar-refractivity contribution in [1.82, 2.24) is 0 Å². The first-order valence-corrected chi connectivity index (χ1v) is 13.1. The predicted molar refractivity (Wildman–Crippen MR) is 115 cm³/mol. The third-order valence-corrected chi connectivity index (χ3v) is 9.08. The van der Waals surface area contributed by atoms with Crippen LogP contribution in [0.4, 0.5) is 0 Å². The maximum Gasteiger partial charge on any atom is 0.500 e. The molecule has 0 aromatic carbocycles. The van der Waals surface area contributed by atoms with E-state index >= 15 is 0 Å². The van der Waals surface area contributed by atoms with Crippen LogP contribution in [0.5, 0.6) is 0 Å². The van der Waals surface area contributed by atoms with Crippen molar-refractivity contribution in [1.29, 1.82) is 0 Å². The van der Waals surface area contributed by atoms with Crippen molar-refractivity contribution in [2.24, 2.45) is 0 Å². The van der Waals surface area contributed by atoms with E-state index in [0.29, 0.717) is 29.8 Å². The van der Waals surface area contributed by atoms with Crippen molar-refractivity contribution in [3.8, 4) is 0 Å². The Balaban J connectivity index is 0.000000462. The first kappa shape index (κ1) is 27.8. The summed E-state index contributed by atoms with van der Waals surface area (Å²) in [5, 5.41) is 1.22. The third kappa shape index (κ3) is 14.4. The van der Waals surface area contributed by atoms with Gasteiger partial charge in [-0.2, -0.15) is 25.3 Å². The molecule has 0 spiro atoms. The standard InChI is InChI=1S/C9H20O5Si.C3H10O3Si.C3H6S2/c1-10-15(11-2,12-3)6-4-5-13-7-9-8-14-9;1-4-7(5-2)6-3;4-2-1-3(2)5/h9H,4-8H2,1-3H3;7H,1-3H3;2-5H,1H2. The van der Waals surface area contributed by atoms with E-state index in [1.54, 1.807) is 42.7 Å². The normalized spacial score (nSPS) is 23.2. The van der Waals surface area contributed by atoms with Gasteiger partial charge in [-0.05, 0) is 12.8 Å². The zero-order chi connectivity index (χ0) is 20.7. The summed E-state index contributed by atoms with van der Waals surface area (Å²) in [6.45, 7) is 2.24. The lowest BCUT2D eigenvalue weighted by atomic mass is 10.5. The molecule has 0 amide bonds.